The van der Waals surface area contributed by atoms with Gasteiger partial charge in [0.1, 0.15) is 5.75 Å². The number of ether oxygens (including phenoxy) is 1. The van der Waals surface area contributed by atoms with Crippen LogP contribution in [0.4, 0.5) is 5.69 Å². The fourth-order valence-corrected chi connectivity index (χ4v) is 5.81. The van der Waals surface area contributed by atoms with Crippen molar-refractivity contribution in [3.8, 4) is 5.75 Å². The molecular formula is C24H31ClN2O4S. The molecule has 1 amide bonds. The number of benzene rings is 2. The van der Waals surface area contributed by atoms with Crippen molar-refractivity contribution >= 4 is 33.0 Å². The summed E-state index contributed by atoms with van der Waals surface area (Å²) in [6.07, 6.45) is -0.324. The third-order valence-electron chi connectivity index (χ3n) is 5.81. The van der Waals surface area contributed by atoms with Crippen LogP contribution in [0.1, 0.15) is 30.0 Å². The molecule has 0 aliphatic carbocycles. The Hall–Kier alpha value is -2.25. The molecule has 2 aromatic carbocycles. The van der Waals surface area contributed by atoms with Gasteiger partial charge in [0.15, 0.2) is 15.9 Å². The van der Waals surface area contributed by atoms with Gasteiger partial charge in [-0.25, -0.2) is 8.42 Å². The number of anilines is 1. The lowest BCUT2D eigenvalue weighted by Crippen LogP contribution is -2.46. The van der Waals surface area contributed by atoms with E-state index in [0.29, 0.717) is 23.7 Å². The Balaban J connectivity index is 1.82. The Labute approximate surface area is 196 Å². The third kappa shape index (κ3) is 5.75. The Morgan fingerprint density at radius 2 is 1.75 bits per heavy atom. The fraction of sp³-hybridized carbons (Fsp3) is 0.458. The number of halogens is 1. The van der Waals surface area contributed by atoms with Crippen molar-refractivity contribution in [3.63, 3.8) is 0 Å². The van der Waals surface area contributed by atoms with Crippen molar-refractivity contribution in [2.24, 2.45) is 0 Å². The van der Waals surface area contributed by atoms with E-state index in [1.165, 1.54) is 0 Å². The van der Waals surface area contributed by atoms with Gasteiger partial charge in [0.2, 0.25) is 0 Å². The molecule has 8 heteroatoms. The highest BCUT2D eigenvalue weighted by Crippen LogP contribution is 2.28. The van der Waals surface area contributed by atoms with Gasteiger partial charge in [-0.15, -0.1) is 0 Å². The lowest BCUT2D eigenvalue weighted by Gasteiger charge is -2.31. The van der Waals surface area contributed by atoms with Gasteiger partial charge < -0.3 is 14.5 Å². The normalized spacial score (nSPS) is 18.2. The molecule has 1 saturated heterocycles. The first-order valence-corrected chi connectivity index (χ1v) is 12.9. The molecule has 0 saturated carbocycles. The van der Waals surface area contributed by atoms with Gasteiger partial charge in [-0.1, -0.05) is 23.7 Å². The summed E-state index contributed by atoms with van der Waals surface area (Å²) < 4.78 is 30.2. The minimum absolute atomic E-state index is 0.0135. The molecule has 32 heavy (non-hydrogen) atoms. The highest BCUT2D eigenvalue weighted by Gasteiger charge is 2.36. The molecule has 174 valence electrons. The van der Waals surface area contributed by atoms with E-state index in [4.69, 9.17) is 16.3 Å². The predicted molar refractivity (Wildman–Crippen MR) is 129 cm³/mol. The lowest BCUT2D eigenvalue weighted by molar-refractivity contribution is -0.140. The second-order valence-electron chi connectivity index (χ2n) is 8.72. The first-order valence-electron chi connectivity index (χ1n) is 10.7. The molecule has 0 aromatic heterocycles. The summed E-state index contributed by atoms with van der Waals surface area (Å²) in [5.74, 6) is 0.431. The molecule has 2 atom stereocenters. The highest BCUT2D eigenvalue weighted by atomic mass is 35.5. The van der Waals surface area contributed by atoms with E-state index in [2.05, 4.69) is 0 Å². The van der Waals surface area contributed by atoms with Gasteiger partial charge in [0.25, 0.3) is 5.91 Å². The molecule has 3 rings (SSSR count). The smallest absolute Gasteiger partial charge is 0.263 e. The van der Waals surface area contributed by atoms with Gasteiger partial charge in [-0.3, -0.25) is 4.79 Å². The molecule has 1 aliphatic rings. The van der Waals surface area contributed by atoms with E-state index in [1.807, 2.05) is 69.2 Å². The van der Waals surface area contributed by atoms with Crippen LogP contribution in [-0.2, 0) is 21.2 Å². The molecule has 1 aliphatic heterocycles. The zero-order valence-corrected chi connectivity index (χ0v) is 20.8. The molecular weight excluding hydrogens is 448 g/mol. The zero-order chi connectivity index (χ0) is 23.6. The Morgan fingerprint density at radius 1 is 1.16 bits per heavy atom. The molecule has 2 aromatic rings. The van der Waals surface area contributed by atoms with E-state index in [9.17, 15) is 13.2 Å². The predicted octanol–water partition coefficient (Wildman–Crippen LogP) is 4.01. The van der Waals surface area contributed by atoms with Gasteiger partial charge >= 0.3 is 0 Å². The number of carbonyl (C=O) groups is 1. The van der Waals surface area contributed by atoms with Crippen LogP contribution in [0.5, 0.6) is 5.75 Å². The lowest BCUT2D eigenvalue weighted by atomic mass is 10.1. The number of sulfone groups is 1. The number of aryl methyl sites for hydroxylation is 2. The largest absolute Gasteiger partial charge is 0.481 e. The quantitative estimate of drug-likeness (QED) is 0.601. The van der Waals surface area contributed by atoms with E-state index < -0.39 is 15.9 Å². The maximum absolute atomic E-state index is 13.4. The Kier molecular flexibility index (Phi) is 7.40. The van der Waals surface area contributed by atoms with Crippen LogP contribution in [0.15, 0.2) is 36.4 Å². The summed E-state index contributed by atoms with van der Waals surface area (Å²) in [5.41, 5.74) is 3.75. The monoisotopic (exact) mass is 478 g/mol. The Bertz CT molecular complexity index is 1060. The van der Waals surface area contributed by atoms with Gasteiger partial charge in [-0.2, -0.15) is 0 Å². The van der Waals surface area contributed by atoms with Crippen LogP contribution in [0, 0.1) is 13.8 Å². The molecule has 0 spiro atoms. The van der Waals surface area contributed by atoms with E-state index >= 15 is 0 Å². The summed E-state index contributed by atoms with van der Waals surface area (Å²) in [7, 11) is 0.791. The maximum atomic E-state index is 13.4. The van der Waals surface area contributed by atoms with Crippen LogP contribution < -0.4 is 9.64 Å². The number of nitrogens with zero attached hydrogens (tertiary/aromatic N) is 2. The van der Waals surface area contributed by atoms with Gasteiger partial charge in [-0.05, 0) is 68.1 Å². The van der Waals surface area contributed by atoms with Crippen molar-refractivity contribution in [3.05, 3.63) is 58.1 Å². The minimum Gasteiger partial charge on any atom is -0.481 e. The van der Waals surface area contributed by atoms with E-state index in [0.717, 1.165) is 22.4 Å². The van der Waals surface area contributed by atoms with Crippen molar-refractivity contribution in [2.75, 3.05) is 30.5 Å². The van der Waals surface area contributed by atoms with Crippen molar-refractivity contribution in [1.82, 2.24) is 4.90 Å². The van der Waals surface area contributed by atoms with Crippen LogP contribution in [0.3, 0.4) is 0 Å². The Morgan fingerprint density at radius 3 is 2.25 bits per heavy atom. The molecule has 0 bridgehead atoms. The molecule has 0 unspecified atom stereocenters. The second-order valence-corrected chi connectivity index (χ2v) is 11.3. The summed E-state index contributed by atoms with van der Waals surface area (Å²) in [6.45, 7) is 5.82. The zero-order valence-electron chi connectivity index (χ0n) is 19.3. The fourth-order valence-electron chi connectivity index (χ4n) is 3.97. The van der Waals surface area contributed by atoms with Crippen LogP contribution >= 0.6 is 11.6 Å². The van der Waals surface area contributed by atoms with Crippen molar-refractivity contribution in [2.45, 2.75) is 45.9 Å². The molecule has 1 heterocycles. The highest BCUT2D eigenvalue weighted by molar-refractivity contribution is 7.91. The summed E-state index contributed by atoms with van der Waals surface area (Å²) in [6, 6.07) is 11.2. The van der Waals surface area contributed by atoms with Gasteiger partial charge in [0.05, 0.1) is 11.5 Å². The number of rotatable bonds is 7. The summed E-state index contributed by atoms with van der Waals surface area (Å²) in [5, 5.41) is 0.676. The second kappa shape index (κ2) is 9.71. The number of amides is 1. The van der Waals surface area contributed by atoms with Gasteiger partial charge in [0, 0.05) is 37.4 Å². The first-order chi connectivity index (χ1) is 15.0. The van der Waals surface area contributed by atoms with Crippen LogP contribution in [-0.4, -0.2) is 57.0 Å². The maximum Gasteiger partial charge on any atom is 0.263 e. The number of carbonyl (C=O) groups excluding carboxylic acids is 1. The average molecular weight is 479 g/mol. The molecule has 6 nitrogen and oxygen atoms in total. The SMILES string of the molecule is Cc1cc(O[C@@H](C)C(=O)N(Cc2ccc(N(C)C)cc2)[C@@H]2CCS(=O)(=O)C2)cc(C)c1Cl. The third-order valence-corrected chi connectivity index (χ3v) is 8.16. The summed E-state index contributed by atoms with van der Waals surface area (Å²) >= 11 is 6.24. The minimum atomic E-state index is -3.14. The van der Waals surface area contributed by atoms with E-state index in [-0.39, 0.29) is 23.5 Å². The standard InChI is InChI=1S/C24H31ClN2O4S/c1-16-12-22(13-17(2)23(16)25)31-18(3)24(28)27(21-10-11-32(29,30)15-21)14-19-6-8-20(9-7-19)26(4)5/h6-9,12-13,18,21H,10-11,14-15H2,1-5H3/t18-,21+/m0/s1. The number of hydrogen-bond acceptors (Lipinski definition) is 5. The van der Waals surface area contributed by atoms with Crippen LogP contribution in [0.2, 0.25) is 5.02 Å². The average Bonchev–Trinajstić information content (AvgIpc) is 3.09. The molecule has 1 fully saturated rings. The number of hydrogen-bond donors (Lipinski definition) is 0. The molecule has 0 N–H and O–H groups in total. The van der Waals surface area contributed by atoms with E-state index in [1.54, 1.807) is 11.8 Å². The first kappa shape index (κ1) is 24.4. The molecule has 0 radical (unpaired) electrons. The van der Waals surface area contributed by atoms with Crippen LogP contribution in [0.25, 0.3) is 0 Å². The topological polar surface area (TPSA) is 66.9 Å². The summed E-state index contributed by atoms with van der Waals surface area (Å²) in [4.78, 5) is 17.1. The van der Waals surface area contributed by atoms with Crippen molar-refractivity contribution in [1.29, 1.82) is 0 Å². The van der Waals surface area contributed by atoms with Crippen molar-refractivity contribution < 1.29 is 17.9 Å².